The average Bonchev–Trinajstić information content (AvgIpc) is 3.19. The molecular formula is C25H38N4. The monoisotopic (exact) mass is 394 g/mol. The van der Waals surface area contributed by atoms with Gasteiger partial charge in [-0.25, -0.2) is 0 Å². The summed E-state index contributed by atoms with van der Waals surface area (Å²) in [5, 5.41) is 0. The number of nitrogens with zero attached hydrogens (tertiary/aromatic N) is 4. The number of aryl methyl sites for hydroxylation is 2. The first-order chi connectivity index (χ1) is 14.0. The first-order valence-electron chi connectivity index (χ1n) is 11.2. The van der Waals surface area contributed by atoms with Gasteiger partial charge in [0, 0.05) is 62.0 Å². The molecule has 158 valence electrons. The van der Waals surface area contributed by atoms with E-state index in [-0.39, 0.29) is 0 Å². The molecule has 1 fully saturated rings. The van der Waals surface area contributed by atoms with Gasteiger partial charge in [0.25, 0.3) is 0 Å². The molecule has 2 aromatic rings. The maximum atomic E-state index is 2.51. The standard InChI is InChI=1S/C25H38N4/c1-7-26(8-2)22-11-13-24(20(5)17-22)28-15-16-29(19-28)25-14-12-23(18-21(25)6)27(9-3)10-4/h11-14,17-18H,7-10,15-16,19H2,1-6H3. The Bertz CT molecular complexity index is 741. The fourth-order valence-electron chi connectivity index (χ4n) is 4.54. The van der Waals surface area contributed by atoms with Gasteiger partial charge < -0.3 is 19.6 Å². The molecule has 0 aliphatic carbocycles. The molecule has 4 nitrogen and oxygen atoms in total. The van der Waals surface area contributed by atoms with Crippen molar-refractivity contribution in [2.75, 3.05) is 65.5 Å². The molecule has 0 saturated carbocycles. The number of benzene rings is 2. The highest BCUT2D eigenvalue weighted by Gasteiger charge is 2.23. The minimum absolute atomic E-state index is 0.955. The summed E-state index contributed by atoms with van der Waals surface area (Å²) in [6.07, 6.45) is 0. The summed E-state index contributed by atoms with van der Waals surface area (Å²) in [7, 11) is 0. The molecule has 0 aromatic heterocycles. The van der Waals surface area contributed by atoms with Crippen LogP contribution in [-0.2, 0) is 0 Å². The highest BCUT2D eigenvalue weighted by molar-refractivity contribution is 5.66. The second kappa shape index (κ2) is 9.43. The van der Waals surface area contributed by atoms with Crippen LogP contribution in [0.1, 0.15) is 38.8 Å². The molecule has 0 radical (unpaired) electrons. The van der Waals surface area contributed by atoms with E-state index in [1.165, 1.54) is 33.9 Å². The van der Waals surface area contributed by atoms with Crippen LogP contribution in [0.3, 0.4) is 0 Å². The second-order valence-electron chi connectivity index (χ2n) is 7.95. The quantitative estimate of drug-likeness (QED) is 0.604. The van der Waals surface area contributed by atoms with E-state index < -0.39 is 0 Å². The lowest BCUT2D eigenvalue weighted by Gasteiger charge is -2.27. The third-order valence-electron chi connectivity index (χ3n) is 6.28. The van der Waals surface area contributed by atoms with Crippen molar-refractivity contribution in [3.63, 3.8) is 0 Å². The fourth-order valence-corrected chi connectivity index (χ4v) is 4.54. The largest absolute Gasteiger partial charge is 0.372 e. The van der Waals surface area contributed by atoms with Crippen LogP contribution in [-0.4, -0.2) is 45.9 Å². The third-order valence-corrected chi connectivity index (χ3v) is 6.28. The first-order valence-corrected chi connectivity index (χ1v) is 11.2. The van der Waals surface area contributed by atoms with Gasteiger partial charge in [-0.2, -0.15) is 0 Å². The van der Waals surface area contributed by atoms with Crippen molar-refractivity contribution in [2.45, 2.75) is 41.5 Å². The molecular weight excluding hydrogens is 356 g/mol. The van der Waals surface area contributed by atoms with E-state index in [2.05, 4.69) is 97.5 Å². The van der Waals surface area contributed by atoms with Gasteiger partial charge in [-0.15, -0.1) is 0 Å². The van der Waals surface area contributed by atoms with Crippen LogP contribution in [0.5, 0.6) is 0 Å². The Hall–Kier alpha value is -2.36. The molecule has 0 amide bonds. The molecule has 1 heterocycles. The molecule has 29 heavy (non-hydrogen) atoms. The Morgan fingerprint density at radius 1 is 0.655 bits per heavy atom. The van der Waals surface area contributed by atoms with E-state index in [0.29, 0.717) is 0 Å². The van der Waals surface area contributed by atoms with E-state index in [4.69, 9.17) is 0 Å². The van der Waals surface area contributed by atoms with Gasteiger partial charge in [0.2, 0.25) is 0 Å². The minimum atomic E-state index is 0.955. The molecule has 1 aliphatic heterocycles. The highest BCUT2D eigenvalue weighted by atomic mass is 15.4. The molecule has 1 saturated heterocycles. The lowest BCUT2D eigenvalue weighted by atomic mass is 10.1. The van der Waals surface area contributed by atoms with Gasteiger partial charge >= 0.3 is 0 Å². The zero-order valence-corrected chi connectivity index (χ0v) is 19.2. The van der Waals surface area contributed by atoms with E-state index in [1.807, 2.05) is 0 Å². The number of rotatable bonds is 8. The van der Waals surface area contributed by atoms with Gasteiger partial charge in [-0.05, 0) is 89.1 Å². The van der Waals surface area contributed by atoms with E-state index >= 15 is 0 Å². The number of hydrogen-bond acceptors (Lipinski definition) is 4. The van der Waals surface area contributed by atoms with Crippen molar-refractivity contribution < 1.29 is 0 Å². The molecule has 0 N–H and O–H groups in total. The summed E-state index contributed by atoms with van der Waals surface area (Å²) in [6.45, 7) is 20.7. The van der Waals surface area contributed by atoms with Crippen LogP contribution >= 0.6 is 0 Å². The second-order valence-corrected chi connectivity index (χ2v) is 7.95. The molecule has 1 aliphatic rings. The lowest BCUT2D eigenvalue weighted by molar-refractivity contribution is 0.863. The van der Waals surface area contributed by atoms with Crippen molar-refractivity contribution in [3.05, 3.63) is 47.5 Å². The Balaban J connectivity index is 1.75. The summed E-state index contributed by atoms with van der Waals surface area (Å²) in [4.78, 5) is 9.85. The highest BCUT2D eigenvalue weighted by Crippen LogP contribution is 2.31. The van der Waals surface area contributed by atoms with Crippen LogP contribution in [0, 0.1) is 13.8 Å². The van der Waals surface area contributed by atoms with Crippen molar-refractivity contribution >= 4 is 22.7 Å². The van der Waals surface area contributed by atoms with Gasteiger partial charge in [0.05, 0.1) is 6.67 Å². The molecule has 3 rings (SSSR count). The third kappa shape index (κ3) is 4.47. The Kier molecular flexibility index (Phi) is 6.94. The molecule has 0 spiro atoms. The number of hydrogen-bond donors (Lipinski definition) is 0. The van der Waals surface area contributed by atoms with Crippen LogP contribution in [0.15, 0.2) is 36.4 Å². The van der Waals surface area contributed by atoms with E-state index in [1.54, 1.807) is 0 Å². The normalized spacial score (nSPS) is 13.9. The van der Waals surface area contributed by atoms with Crippen LogP contribution in [0.25, 0.3) is 0 Å². The van der Waals surface area contributed by atoms with Gasteiger partial charge in [-0.1, -0.05) is 0 Å². The predicted molar refractivity (Wildman–Crippen MR) is 129 cm³/mol. The Morgan fingerprint density at radius 2 is 1.03 bits per heavy atom. The van der Waals surface area contributed by atoms with E-state index in [0.717, 1.165) is 45.9 Å². The summed E-state index contributed by atoms with van der Waals surface area (Å²) < 4.78 is 0. The maximum Gasteiger partial charge on any atom is 0.0904 e. The topological polar surface area (TPSA) is 13.0 Å². The number of anilines is 4. The minimum Gasteiger partial charge on any atom is -0.372 e. The SMILES string of the molecule is CCN(CC)c1ccc(N2CCN(c3ccc(N(CC)CC)cc3C)C2)c(C)c1. The molecule has 4 heteroatoms. The molecule has 0 unspecified atom stereocenters. The van der Waals surface area contributed by atoms with Crippen LogP contribution in [0.2, 0.25) is 0 Å². The van der Waals surface area contributed by atoms with Crippen molar-refractivity contribution in [2.24, 2.45) is 0 Å². The molecule has 0 bridgehead atoms. The molecule has 2 aromatic carbocycles. The van der Waals surface area contributed by atoms with E-state index in [9.17, 15) is 0 Å². The van der Waals surface area contributed by atoms with Gasteiger partial charge in [0.15, 0.2) is 0 Å². The van der Waals surface area contributed by atoms with Crippen molar-refractivity contribution in [3.8, 4) is 0 Å². The summed E-state index contributed by atoms with van der Waals surface area (Å²) in [5.74, 6) is 0. The summed E-state index contributed by atoms with van der Waals surface area (Å²) in [5.41, 5.74) is 8.11. The average molecular weight is 395 g/mol. The first kappa shape index (κ1) is 21.4. The Labute approximate surface area is 177 Å². The zero-order valence-electron chi connectivity index (χ0n) is 19.2. The molecule has 0 atom stereocenters. The van der Waals surface area contributed by atoms with Crippen LogP contribution in [0.4, 0.5) is 22.7 Å². The predicted octanol–water partition coefficient (Wildman–Crippen LogP) is 5.28. The lowest BCUT2D eigenvalue weighted by Crippen LogP contribution is -2.27. The van der Waals surface area contributed by atoms with Crippen molar-refractivity contribution in [1.29, 1.82) is 0 Å². The fraction of sp³-hybridized carbons (Fsp3) is 0.520. The van der Waals surface area contributed by atoms with Gasteiger partial charge in [-0.3, -0.25) is 0 Å². The summed E-state index contributed by atoms with van der Waals surface area (Å²) >= 11 is 0. The summed E-state index contributed by atoms with van der Waals surface area (Å²) in [6, 6.07) is 13.9. The smallest absolute Gasteiger partial charge is 0.0904 e. The zero-order chi connectivity index (χ0) is 21.0. The van der Waals surface area contributed by atoms with Crippen LogP contribution < -0.4 is 19.6 Å². The van der Waals surface area contributed by atoms with Crippen molar-refractivity contribution in [1.82, 2.24) is 0 Å². The maximum absolute atomic E-state index is 2.51. The Morgan fingerprint density at radius 3 is 1.34 bits per heavy atom. The van der Waals surface area contributed by atoms with Gasteiger partial charge in [0.1, 0.15) is 0 Å².